The van der Waals surface area contributed by atoms with Crippen LogP contribution in [-0.4, -0.2) is 61.3 Å². The van der Waals surface area contributed by atoms with Crippen LogP contribution in [0.1, 0.15) is 43.2 Å². The van der Waals surface area contributed by atoms with Crippen molar-refractivity contribution in [3.8, 4) is 11.5 Å². The molecule has 0 spiro atoms. The highest BCUT2D eigenvalue weighted by Crippen LogP contribution is 2.29. The van der Waals surface area contributed by atoms with Crippen molar-refractivity contribution in [1.82, 2.24) is 9.91 Å². The largest absolute Gasteiger partial charge is 0.493 e. The van der Waals surface area contributed by atoms with Gasteiger partial charge in [-0.1, -0.05) is 12.1 Å². The normalized spacial score (nSPS) is 16.4. The van der Waals surface area contributed by atoms with E-state index in [0.717, 1.165) is 42.2 Å². The molecule has 34 heavy (non-hydrogen) atoms. The number of nitrogens with one attached hydrogen (secondary N) is 1. The van der Waals surface area contributed by atoms with Crippen molar-refractivity contribution in [2.24, 2.45) is 5.10 Å². The lowest BCUT2D eigenvalue weighted by atomic mass is 10.0. The van der Waals surface area contributed by atoms with Gasteiger partial charge in [-0.3, -0.25) is 9.59 Å². The van der Waals surface area contributed by atoms with Crippen LogP contribution in [0.25, 0.3) is 0 Å². The average molecular weight is 465 g/mol. The Morgan fingerprint density at radius 1 is 1.00 bits per heavy atom. The third kappa shape index (κ3) is 5.94. The summed E-state index contributed by atoms with van der Waals surface area (Å²) in [6.45, 7) is 3.36. The van der Waals surface area contributed by atoms with E-state index in [0.29, 0.717) is 37.3 Å². The molecule has 0 bridgehead atoms. The van der Waals surface area contributed by atoms with Crippen molar-refractivity contribution < 1.29 is 19.1 Å². The quantitative estimate of drug-likeness (QED) is 0.612. The first kappa shape index (κ1) is 23.8. The lowest BCUT2D eigenvalue weighted by molar-refractivity contribution is -0.132. The number of anilines is 1. The number of hydrazone groups is 1. The summed E-state index contributed by atoms with van der Waals surface area (Å²) in [5.41, 5.74) is 3.44. The van der Waals surface area contributed by atoms with Crippen LogP contribution in [0, 0.1) is 0 Å². The second-order valence-corrected chi connectivity index (χ2v) is 8.61. The van der Waals surface area contributed by atoms with Crippen LogP contribution in [0.15, 0.2) is 47.6 Å². The molecule has 0 aromatic heterocycles. The van der Waals surface area contributed by atoms with Crippen molar-refractivity contribution in [1.29, 1.82) is 0 Å². The Hall–Kier alpha value is -3.39. The molecule has 4 rings (SSSR count). The number of nitrogens with zero attached hydrogens (tertiary/aromatic N) is 3. The van der Waals surface area contributed by atoms with E-state index in [1.807, 2.05) is 42.5 Å². The van der Waals surface area contributed by atoms with Gasteiger partial charge in [0.25, 0.3) is 0 Å². The summed E-state index contributed by atoms with van der Waals surface area (Å²) in [6, 6.07) is 13.2. The fourth-order valence-corrected chi connectivity index (χ4v) is 4.30. The average Bonchev–Trinajstić information content (AvgIpc) is 3.38. The lowest BCUT2D eigenvalue weighted by Gasteiger charge is -2.24. The fraction of sp³-hybridized carbons (Fsp3) is 0.423. The van der Waals surface area contributed by atoms with E-state index in [4.69, 9.17) is 9.47 Å². The molecule has 2 aliphatic rings. The van der Waals surface area contributed by atoms with E-state index in [9.17, 15) is 9.59 Å². The van der Waals surface area contributed by atoms with Crippen LogP contribution in [0.3, 0.4) is 0 Å². The van der Waals surface area contributed by atoms with Gasteiger partial charge in [-0.15, -0.1) is 0 Å². The molecule has 0 atom stereocenters. The predicted octanol–water partition coefficient (Wildman–Crippen LogP) is 3.65. The highest BCUT2D eigenvalue weighted by Gasteiger charge is 2.22. The Kier molecular flexibility index (Phi) is 7.80. The Morgan fingerprint density at radius 3 is 2.44 bits per heavy atom. The van der Waals surface area contributed by atoms with E-state index >= 15 is 0 Å². The number of rotatable bonds is 9. The number of hydrogen-bond donors (Lipinski definition) is 1. The fourth-order valence-electron chi connectivity index (χ4n) is 4.30. The summed E-state index contributed by atoms with van der Waals surface area (Å²) >= 11 is 0. The van der Waals surface area contributed by atoms with Crippen LogP contribution < -0.4 is 14.8 Å². The summed E-state index contributed by atoms with van der Waals surface area (Å²) in [4.78, 5) is 27.1. The summed E-state index contributed by atoms with van der Waals surface area (Å²) in [5, 5.41) is 9.09. The molecular formula is C26H32N4O4. The summed E-state index contributed by atoms with van der Waals surface area (Å²) in [6.07, 6.45) is 3.92. The third-order valence-corrected chi connectivity index (χ3v) is 6.25. The van der Waals surface area contributed by atoms with Crippen LogP contribution in [0.5, 0.6) is 11.5 Å². The maximum absolute atomic E-state index is 12.5. The zero-order valence-corrected chi connectivity index (χ0v) is 19.9. The summed E-state index contributed by atoms with van der Waals surface area (Å²) in [5.74, 6) is 1.29. The number of benzene rings is 2. The second kappa shape index (κ2) is 11.2. The van der Waals surface area contributed by atoms with E-state index in [-0.39, 0.29) is 11.8 Å². The highest BCUT2D eigenvalue weighted by molar-refractivity contribution is 6.04. The molecule has 0 unspecified atom stereocenters. The van der Waals surface area contributed by atoms with Gasteiger partial charge in [0.05, 0.1) is 26.5 Å². The van der Waals surface area contributed by atoms with E-state index in [1.54, 1.807) is 14.2 Å². The number of methoxy groups -OCH3 is 2. The van der Waals surface area contributed by atoms with Gasteiger partial charge in [-0.2, -0.15) is 5.10 Å². The number of ether oxygens (including phenoxy) is 2. The molecule has 0 radical (unpaired) electrons. The molecule has 2 aromatic carbocycles. The molecule has 2 aliphatic heterocycles. The SMILES string of the molecule is COc1ccc(C2=NN(Cc3ccc(NC(=O)CCN4CCCC4)cc3)C(=O)CC2)cc1OC. The van der Waals surface area contributed by atoms with Crippen LogP contribution >= 0.6 is 0 Å². The molecule has 1 saturated heterocycles. The van der Waals surface area contributed by atoms with E-state index in [1.165, 1.54) is 17.9 Å². The van der Waals surface area contributed by atoms with Crippen molar-refractivity contribution in [3.05, 3.63) is 53.6 Å². The molecule has 0 aliphatic carbocycles. The van der Waals surface area contributed by atoms with Crippen molar-refractivity contribution in [2.45, 2.75) is 38.6 Å². The van der Waals surface area contributed by atoms with Crippen molar-refractivity contribution in [2.75, 3.05) is 39.2 Å². The lowest BCUT2D eigenvalue weighted by Crippen LogP contribution is -2.31. The number of carbonyl (C=O) groups excluding carboxylic acids is 2. The molecule has 8 heteroatoms. The number of hydrogen-bond acceptors (Lipinski definition) is 6. The van der Waals surface area contributed by atoms with Gasteiger partial charge in [0, 0.05) is 37.1 Å². The Balaban J connectivity index is 1.37. The van der Waals surface area contributed by atoms with Crippen LogP contribution in [0.4, 0.5) is 5.69 Å². The predicted molar refractivity (Wildman–Crippen MR) is 131 cm³/mol. The van der Waals surface area contributed by atoms with Gasteiger partial charge in [0.15, 0.2) is 11.5 Å². The van der Waals surface area contributed by atoms with Gasteiger partial charge >= 0.3 is 0 Å². The summed E-state index contributed by atoms with van der Waals surface area (Å²) < 4.78 is 10.7. The molecule has 2 aromatic rings. The minimum Gasteiger partial charge on any atom is -0.493 e. The van der Waals surface area contributed by atoms with Gasteiger partial charge in [0.1, 0.15) is 0 Å². The Labute approximate surface area is 200 Å². The van der Waals surface area contributed by atoms with Crippen molar-refractivity contribution >= 4 is 23.2 Å². The smallest absolute Gasteiger partial charge is 0.243 e. The van der Waals surface area contributed by atoms with Crippen LogP contribution in [-0.2, 0) is 16.1 Å². The molecule has 180 valence electrons. The Morgan fingerprint density at radius 2 is 1.74 bits per heavy atom. The van der Waals surface area contributed by atoms with Crippen molar-refractivity contribution in [3.63, 3.8) is 0 Å². The molecule has 0 saturated carbocycles. The molecular weight excluding hydrogens is 432 g/mol. The topological polar surface area (TPSA) is 83.5 Å². The Bertz CT molecular complexity index is 1050. The van der Waals surface area contributed by atoms with E-state index in [2.05, 4.69) is 15.3 Å². The van der Waals surface area contributed by atoms with Crippen LogP contribution in [0.2, 0.25) is 0 Å². The first-order valence-electron chi connectivity index (χ1n) is 11.8. The van der Waals surface area contributed by atoms with Gasteiger partial charge in [0.2, 0.25) is 11.8 Å². The van der Waals surface area contributed by atoms with Gasteiger partial charge in [-0.05, 0) is 61.8 Å². The first-order chi connectivity index (χ1) is 16.6. The summed E-state index contributed by atoms with van der Waals surface area (Å²) in [7, 11) is 3.20. The zero-order valence-electron chi connectivity index (χ0n) is 19.9. The minimum atomic E-state index is -0.0106. The first-order valence-corrected chi connectivity index (χ1v) is 11.8. The highest BCUT2D eigenvalue weighted by atomic mass is 16.5. The van der Waals surface area contributed by atoms with Gasteiger partial charge in [-0.25, -0.2) is 5.01 Å². The standard InChI is InChI=1S/C26H32N4O4/c1-33-23-11-7-20(17-24(23)34-2)22-10-12-26(32)30(28-22)18-19-5-8-21(9-6-19)27-25(31)13-16-29-14-3-4-15-29/h5-9,11,17H,3-4,10,12-16,18H2,1-2H3,(H,27,31). The van der Waals surface area contributed by atoms with Gasteiger partial charge < -0.3 is 19.7 Å². The second-order valence-electron chi connectivity index (χ2n) is 8.61. The minimum absolute atomic E-state index is 0.0106. The molecule has 2 heterocycles. The molecule has 2 amide bonds. The number of likely N-dealkylation sites (tertiary alicyclic amines) is 1. The number of amides is 2. The zero-order chi connectivity index (χ0) is 23.9. The van der Waals surface area contributed by atoms with E-state index < -0.39 is 0 Å². The molecule has 1 N–H and O–H groups in total. The monoisotopic (exact) mass is 464 g/mol. The molecule has 8 nitrogen and oxygen atoms in total. The third-order valence-electron chi connectivity index (χ3n) is 6.25. The number of carbonyl (C=O) groups is 2. The molecule has 1 fully saturated rings. The maximum atomic E-state index is 12.5. The maximum Gasteiger partial charge on any atom is 0.243 e.